The van der Waals surface area contributed by atoms with Crippen molar-refractivity contribution < 1.29 is 23.2 Å². The van der Waals surface area contributed by atoms with Crippen molar-refractivity contribution in [1.29, 1.82) is 0 Å². The number of esters is 1. The fourth-order valence-electron chi connectivity index (χ4n) is 3.42. The number of carbonyl (C=O) groups is 2. The van der Waals surface area contributed by atoms with Crippen molar-refractivity contribution in [3.63, 3.8) is 0 Å². The van der Waals surface area contributed by atoms with Crippen molar-refractivity contribution in [2.75, 3.05) is 18.6 Å². The lowest BCUT2D eigenvalue weighted by atomic mass is 9.89. The molecule has 2 aromatic carbocycles. The second-order valence-electron chi connectivity index (χ2n) is 6.46. The van der Waals surface area contributed by atoms with E-state index < -0.39 is 5.92 Å². The minimum atomic E-state index is -0.405. The summed E-state index contributed by atoms with van der Waals surface area (Å²) in [7, 11) is 1.36. The summed E-state index contributed by atoms with van der Waals surface area (Å²) in [4.78, 5) is 26.7. The summed E-state index contributed by atoms with van der Waals surface area (Å²) >= 11 is 0. The van der Waals surface area contributed by atoms with E-state index in [4.69, 9.17) is 9.26 Å². The van der Waals surface area contributed by atoms with Crippen molar-refractivity contribution in [3.05, 3.63) is 71.7 Å². The number of fused-ring (bicyclic) bond motifs is 1. The van der Waals surface area contributed by atoms with Crippen LogP contribution in [-0.4, -0.2) is 30.7 Å². The van der Waals surface area contributed by atoms with Crippen LogP contribution in [-0.2, 0) is 9.53 Å². The van der Waals surface area contributed by atoms with Crippen LogP contribution in [0.2, 0.25) is 0 Å². The van der Waals surface area contributed by atoms with Gasteiger partial charge in [-0.25, -0.2) is 4.39 Å². The van der Waals surface area contributed by atoms with Crippen molar-refractivity contribution in [2.24, 2.45) is 0 Å². The van der Waals surface area contributed by atoms with Crippen LogP contribution in [0, 0.1) is 5.82 Å². The van der Waals surface area contributed by atoms with E-state index in [0.29, 0.717) is 30.0 Å². The fraction of sp³-hybridized carbons (Fsp3) is 0.190. The average molecular weight is 380 g/mol. The average Bonchev–Trinajstić information content (AvgIpc) is 3.22. The lowest BCUT2D eigenvalue weighted by Crippen LogP contribution is -2.38. The van der Waals surface area contributed by atoms with Crippen molar-refractivity contribution in [1.82, 2.24) is 5.16 Å². The number of nitrogens with zero attached hydrogens (tertiary/aromatic N) is 2. The number of aromatic nitrogens is 1. The molecule has 0 bridgehead atoms. The highest BCUT2D eigenvalue weighted by molar-refractivity contribution is 6.06. The third kappa shape index (κ3) is 3.15. The Morgan fingerprint density at radius 1 is 1.18 bits per heavy atom. The molecular weight excluding hydrogens is 363 g/mol. The normalized spacial score (nSPS) is 15.8. The topological polar surface area (TPSA) is 72.6 Å². The highest BCUT2D eigenvalue weighted by Gasteiger charge is 2.34. The Morgan fingerprint density at radius 3 is 2.68 bits per heavy atom. The minimum Gasteiger partial charge on any atom is -0.469 e. The number of hydrogen-bond acceptors (Lipinski definition) is 5. The van der Waals surface area contributed by atoms with E-state index in [1.165, 1.54) is 25.3 Å². The Morgan fingerprint density at radius 2 is 1.93 bits per heavy atom. The molecule has 28 heavy (non-hydrogen) atoms. The second-order valence-corrected chi connectivity index (χ2v) is 6.46. The molecule has 1 atom stereocenters. The summed E-state index contributed by atoms with van der Waals surface area (Å²) < 4.78 is 23.3. The maximum atomic E-state index is 13.1. The van der Waals surface area contributed by atoms with Gasteiger partial charge in [-0.1, -0.05) is 23.4 Å². The molecule has 0 spiro atoms. The van der Waals surface area contributed by atoms with Gasteiger partial charge >= 0.3 is 5.97 Å². The molecule has 2 heterocycles. The molecule has 3 aromatic rings. The Kier molecular flexibility index (Phi) is 4.65. The zero-order valence-corrected chi connectivity index (χ0v) is 15.1. The first-order valence-corrected chi connectivity index (χ1v) is 8.80. The Balaban J connectivity index is 1.63. The van der Waals surface area contributed by atoms with Gasteiger partial charge in [0, 0.05) is 23.9 Å². The van der Waals surface area contributed by atoms with Crippen LogP contribution in [0.4, 0.5) is 10.1 Å². The molecule has 0 saturated heterocycles. The zero-order chi connectivity index (χ0) is 19.7. The Hall–Kier alpha value is -3.48. The predicted octanol–water partition coefficient (Wildman–Crippen LogP) is 3.79. The second kappa shape index (κ2) is 7.26. The molecule has 0 fully saturated rings. The number of carbonyl (C=O) groups excluding carboxylic acids is 2. The quantitative estimate of drug-likeness (QED) is 0.647. The van der Waals surface area contributed by atoms with Gasteiger partial charge in [-0.15, -0.1) is 0 Å². The largest absolute Gasteiger partial charge is 0.469 e. The van der Waals surface area contributed by atoms with Crippen LogP contribution >= 0.6 is 0 Å². The third-order valence-corrected chi connectivity index (χ3v) is 4.83. The summed E-state index contributed by atoms with van der Waals surface area (Å²) in [6, 6.07) is 14.5. The molecule has 1 aromatic heterocycles. The summed E-state index contributed by atoms with van der Waals surface area (Å²) in [6.45, 7) is 0.356. The molecule has 7 heteroatoms. The summed E-state index contributed by atoms with van der Waals surface area (Å²) in [5, 5.41) is 3.88. The molecule has 0 aliphatic carbocycles. The van der Waals surface area contributed by atoms with Crippen LogP contribution < -0.4 is 4.90 Å². The van der Waals surface area contributed by atoms with Gasteiger partial charge in [0.25, 0.3) is 5.91 Å². The van der Waals surface area contributed by atoms with Crippen LogP contribution in [0.5, 0.6) is 0 Å². The number of halogens is 1. The Bertz CT molecular complexity index is 1030. The van der Waals surface area contributed by atoms with Gasteiger partial charge in [0.1, 0.15) is 5.82 Å². The van der Waals surface area contributed by atoms with Crippen molar-refractivity contribution in [2.45, 2.75) is 12.3 Å². The number of para-hydroxylation sites is 1. The van der Waals surface area contributed by atoms with Gasteiger partial charge in [-0.3, -0.25) is 9.59 Å². The van der Waals surface area contributed by atoms with E-state index in [9.17, 15) is 14.0 Å². The zero-order valence-electron chi connectivity index (χ0n) is 15.1. The number of amides is 1. The fourth-order valence-corrected chi connectivity index (χ4v) is 3.42. The minimum absolute atomic E-state index is 0.144. The van der Waals surface area contributed by atoms with Gasteiger partial charge < -0.3 is 14.2 Å². The van der Waals surface area contributed by atoms with Crippen molar-refractivity contribution in [3.8, 4) is 11.3 Å². The van der Waals surface area contributed by atoms with Gasteiger partial charge in [-0.05, 0) is 42.3 Å². The van der Waals surface area contributed by atoms with Crippen LogP contribution in [0.1, 0.15) is 28.4 Å². The van der Waals surface area contributed by atoms with E-state index >= 15 is 0 Å². The maximum Gasteiger partial charge on any atom is 0.313 e. The van der Waals surface area contributed by atoms with E-state index in [-0.39, 0.29) is 23.4 Å². The maximum absolute atomic E-state index is 13.1. The molecule has 1 amide bonds. The summed E-state index contributed by atoms with van der Waals surface area (Å²) in [5.74, 6) is -1.03. The number of anilines is 1. The molecule has 142 valence electrons. The first-order chi connectivity index (χ1) is 13.6. The molecule has 1 aliphatic heterocycles. The highest BCUT2D eigenvalue weighted by Crippen LogP contribution is 2.36. The lowest BCUT2D eigenvalue weighted by Gasteiger charge is -2.32. The molecule has 0 saturated carbocycles. The monoisotopic (exact) mass is 380 g/mol. The first-order valence-electron chi connectivity index (χ1n) is 8.80. The predicted molar refractivity (Wildman–Crippen MR) is 99.4 cm³/mol. The molecular formula is C21H17FN2O4. The summed E-state index contributed by atoms with van der Waals surface area (Å²) in [6.07, 6.45) is 0.456. The molecule has 1 aliphatic rings. The number of benzene rings is 2. The van der Waals surface area contributed by atoms with E-state index in [0.717, 1.165) is 5.56 Å². The van der Waals surface area contributed by atoms with Gasteiger partial charge in [0.2, 0.25) is 0 Å². The molecule has 0 N–H and O–H groups in total. The molecule has 1 unspecified atom stereocenters. The SMILES string of the molecule is COC(=O)C1CCN(C(=O)c2cc(-c3ccc(F)cc3)on2)c2ccccc21. The number of methoxy groups -OCH3 is 1. The van der Waals surface area contributed by atoms with E-state index in [1.807, 2.05) is 18.2 Å². The molecule has 0 radical (unpaired) electrons. The van der Waals surface area contributed by atoms with Gasteiger partial charge in [-0.2, -0.15) is 0 Å². The van der Waals surface area contributed by atoms with Crippen LogP contribution in [0.15, 0.2) is 59.1 Å². The standard InChI is InChI=1S/C21H17FN2O4/c1-27-21(26)16-10-11-24(18-5-3-2-4-15(16)18)20(25)17-12-19(28-23-17)13-6-8-14(22)9-7-13/h2-9,12,16H,10-11H2,1H3. The van der Waals surface area contributed by atoms with E-state index in [2.05, 4.69) is 5.16 Å². The number of ether oxygens (including phenoxy) is 1. The van der Waals surface area contributed by atoms with Gasteiger partial charge in [0.15, 0.2) is 11.5 Å². The number of rotatable bonds is 3. The Labute approximate surface area is 160 Å². The molecule has 4 rings (SSSR count). The molecule has 6 nitrogen and oxygen atoms in total. The highest BCUT2D eigenvalue weighted by atomic mass is 19.1. The summed E-state index contributed by atoms with van der Waals surface area (Å²) in [5.41, 5.74) is 2.17. The lowest BCUT2D eigenvalue weighted by molar-refractivity contribution is -0.142. The third-order valence-electron chi connectivity index (χ3n) is 4.83. The van der Waals surface area contributed by atoms with Crippen LogP contribution in [0.3, 0.4) is 0 Å². The van der Waals surface area contributed by atoms with Crippen LogP contribution in [0.25, 0.3) is 11.3 Å². The first kappa shape index (κ1) is 17.9. The van der Waals surface area contributed by atoms with Crippen molar-refractivity contribution >= 4 is 17.6 Å². The number of hydrogen-bond donors (Lipinski definition) is 0. The van der Waals surface area contributed by atoms with Gasteiger partial charge in [0.05, 0.1) is 13.0 Å². The smallest absolute Gasteiger partial charge is 0.313 e. The van der Waals surface area contributed by atoms with E-state index in [1.54, 1.807) is 23.1 Å².